The molecule has 1 fully saturated rings. The lowest BCUT2D eigenvalue weighted by molar-refractivity contribution is 0.169. The minimum Gasteiger partial charge on any atom is -0.399 e. The van der Waals surface area contributed by atoms with E-state index in [0.29, 0.717) is 17.4 Å². The maximum Gasteiger partial charge on any atom is 0.240 e. The van der Waals surface area contributed by atoms with E-state index in [-0.39, 0.29) is 0 Å². The predicted octanol–water partition coefficient (Wildman–Crippen LogP) is 2.77. The zero-order valence-corrected chi connectivity index (χ0v) is 16.0. The summed E-state index contributed by atoms with van der Waals surface area (Å²) in [4.78, 5) is 2.71. The molecular weight excluding hydrogens is 346 g/mol. The lowest BCUT2D eigenvalue weighted by atomic mass is 9.98. The summed E-state index contributed by atoms with van der Waals surface area (Å²) in [5.74, 6) is 0.324. The van der Waals surface area contributed by atoms with Crippen LogP contribution < -0.4 is 10.5 Å². The fourth-order valence-electron chi connectivity index (χ4n) is 3.44. The second kappa shape index (κ2) is 8.20. The van der Waals surface area contributed by atoms with Crippen molar-refractivity contribution >= 4 is 15.7 Å². The minimum absolute atomic E-state index is 0.324. The molecule has 2 aromatic rings. The minimum atomic E-state index is -3.44. The molecule has 0 amide bonds. The van der Waals surface area contributed by atoms with Crippen LogP contribution in [0.5, 0.6) is 0 Å². The van der Waals surface area contributed by atoms with E-state index in [9.17, 15) is 8.42 Å². The molecule has 6 heteroatoms. The Hall–Kier alpha value is -1.89. The molecule has 0 aliphatic carbocycles. The first kappa shape index (κ1) is 18.9. The molecular formula is C20H27N3O2S. The van der Waals surface area contributed by atoms with E-state index in [1.165, 1.54) is 5.56 Å². The summed E-state index contributed by atoms with van der Waals surface area (Å²) in [6.45, 7) is 5.21. The number of sulfonamides is 1. The van der Waals surface area contributed by atoms with Gasteiger partial charge in [0.1, 0.15) is 0 Å². The van der Waals surface area contributed by atoms with Crippen molar-refractivity contribution < 1.29 is 8.42 Å². The zero-order chi connectivity index (χ0) is 18.6. The van der Waals surface area contributed by atoms with Crippen molar-refractivity contribution in [3.8, 4) is 0 Å². The highest BCUT2D eigenvalue weighted by molar-refractivity contribution is 7.89. The van der Waals surface area contributed by atoms with Gasteiger partial charge in [-0.1, -0.05) is 29.8 Å². The number of nitrogens with zero attached hydrogens (tertiary/aromatic N) is 1. The van der Waals surface area contributed by atoms with Crippen molar-refractivity contribution in [3.63, 3.8) is 0 Å². The maximum absolute atomic E-state index is 12.5. The highest BCUT2D eigenvalue weighted by atomic mass is 32.2. The van der Waals surface area contributed by atoms with Gasteiger partial charge in [0, 0.05) is 25.3 Å². The summed E-state index contributed by atoms with van der Waals surface area (Å²) in [5, 5.41) is 0. The number of likely N-dealkylation sites (tertiary alicyclic amines) is 1. The molecule has 0 saturated carbocycles. The normalized spacial score (nSPS) is 18.7. The summed E-state index contributed by atoms with van der Waals surface area (Å²) in [6.07, 6.45) is 2.13. The van der Waals surface area contributed by atoms with E-state index in [2.05, 4.69) is 15.7 Å². The Morgan fingerprint density at radius 1 is 1.19 bits per heavy atom. The highest BCUT2D eigenvalue weighted by Crippen LogP contribution is 2.20. The SMILES string of the molecule is Cc1ccc(S(=O)(=O)NCC2CCCN(Cc3cccc(N)c3)C2)cc1. The third-order valence-corrected chi connectivity index (χ3v) is 6.29. The summed E-state index contributed by atoms with van der Waals surface area (Å²) >= 11 is 0. The molecule has 0 bridgehead atoms. The summed E-state index contributed by atoms with van der Waals surface area (Å²) in [5.41, 5.74) is 8.88. The van der Waals surface area contributed by atoms with Gasteiger partial charge in [-0.25, -0.2) is 13.1 Å². The molecule has 3 rings (SSSR count). The number of benzene rings is 2. The first-order valence-electron chi connectivity index (χ1n) is 9.05. The van der Waals surface area contributed by atoms with E-state index < -0.39 is 10.0 Å². The molecule has 0 radical (unpaired) electrons. The van der Waals surface area contributed by atoms with Gasteiger partial charge in [0.05, 0.1) is 4.90 Å². The van der Waals surface area contributed by atoms with Crippen molar-refractivity contribution in [2.24, 2.45) is 5.92 Å². The number of anilines is 1. The van der Waals surface area contributed by atoms with Crippen LogP contribution in [0.15, 0.2) is 53.4 Å². The van der Waals surface area contributed by atoms with Gasteiger partial charge in [-0.05, 0) is 62.1 Å². The maximum atomic E-state index is 12.5. The van der Waals surface area contributed by atoms with Gasteiger partial charge in [-0.2, -0.15) is 0 Å². The van der Waals surface area contributed by atoms with Crippen LogP contribution in [0.1, 0.15) is 24.0 Å². The smallest absolute Gasteiger partial charge is 0.240 e. The third-order valence-electron chi connectivity index (χ3n) is 4.85. The van der Waals surface area contributed by atoms with Crippen LogP contribution in [-0.4, -0.2) is 33.0 Å². The Morgan fingerprint density at radius 2 is 1.96 bits per heavy atom. The second-order valence-corrected chi connectivity index (χ2v) is 8.92. The Labute approximate surface area is 156 Å². The van der Waals surface area contributed by atoms with E-state index in [4.69, 9.17) is 5.73 Å². The molecule has 1 aliphatic rings. The number of nitrogens with two attached hydrogens (primary N) is 1. The Balaban J connectivity index is 1.55. The molecule has 1 saturated heterocycles. The van der Waals surface area contributed by atoms with Crippen LogP contribution in [0.2, 0.25) is 0 Å². The average molecular weight is 374 g/mol. The molecule has 26 heavy (non-hydrogen) atoms. The number of piperidine rings is 1. The molecule has 2 aromatic carbocycles. The number of hydrogen-bond acceptors (Lipinski definition) is 4. The summed E-state index contributed by atoms with van der Waals surface area (Å²) in [6, 6.07) is 14.9. The molecule has 1 unspecified atom stereocenters. The zero-order valence-electron chi connectivity index (χ0n) is 15.2. The van der Waals surface area contributed by atoms with Crippen LogP contribution in [0.25, 0.3) is 0 Å². The largest absolute Gasteiger partial charge is 0.399 e. The molecule has 1 heterocycles. The Kier molecular flexibility index (Phi) is 5.96. The van der Waals surface area contributed by atoms with Crippen molar-refractivity contribution in [1.29, 1.82) is 0 Å². The van der Waals surface area contributed by atoms with Gasteiger partial charge in [-0.15, -0.1) is 0 Å². The van der Waals surface area contributed by atoms with Crippen molar-refractivity contribution in [2.75, 3.05) is 25.4 Å². The topological polar surface area (TPSA) is 75.4 Å². The number of hydrogen-bond donors (Lipinski definition) is 2. The van der Waals surface area contributed by atoms with Crippen LogP contribution in [0, 0.1) is 12.8 Å². The number of aryl methyl sites for hydroxylation is 1. The van der Waals surface area contributed by atoms with Crippen LogP contribution >= 0.6 is 0 Å². The predicted molar refractivity (Wildman–Crippen MR) is 105 cm³/mol. The number of nitrogens with one attached hydrogen (secondary N) is 1. The molecule has 0 aromatic heterocycles. The first-order valence-corrected chi connectivity index (χ1v) is 10.5. The van der Waals surface area contributed by atoms with E-state index in [1.54, 1.807) is 12.1 Å². The Morgan fingerprint density at radius 3 is 2.69 bits per heavy atom. The molecule has 5 nitrogen and oxygen atoms in total. The lowest BCUT2D eigenvalue weighted by Gasteiger charge is -2.32. The molecule has 3 N–H and O–H groups in total. The molecule has 1 aliphatic heterocycles. The monoisotopic (exact) mass is 373 g/mol. The highest BCUT2D eigenvalue weighted by Gasteiger charge is 2.22. The van der Waals surface area contributed by atoms with E-state index in [0.717, 1.165) is 43.7 Å². The van der Waals surface area contributed by atoms with Crippen molar-refractivity contribution in [2.45, 2.75) is 31.2 Å². The molecule has 0 spiro atoms. The van der Waals surface area contributed by atoms with Crippen molar-refractivity contribution in [1.82, 2.24) is 9.62 Å². The molecule has 140 valence electrons. The second-order valence-electron chi connectivity index (χ2n) is 7.15. The van der Waals surface area contributed by atoms with Gasteiger partial charge in [0.25, 0.3) is 0 Å². The van der Waals surface area contributed by atoms with E-state index in [1.807, 2.05) is 37.3 Å². The summed E-state index contributed by atoms with van der Waals surface area (Å²) < 4.78 is 27.7. The third kappa shape index (κ3) is 5.06. The van der Waals surface area contributed by atoms with Crippen LogP contribution in [0.3, 0.4) is 0 Å². The lowest BCUT2D eigenvalue weighted by Crippen LogP contribution is -2.40. The summed E-state index contributed by atoms with van der Waals surface area (Å²) in [7, 11) is -3.44. The number of rotatable bonds is 6. The fraction of sp³-hybridized carbons (Fsp3) is 0.400. The van der Waals surface area contributed by atoms with Gasteiger partial charge < -0.3 is 5.73 Å². The quantitative estimate of drug-likeness (QED) is 0.764. The number of nitrogen functional groups attached to an aromatic ring is 1. The fourth-order valence-corrected chi connectivity index (χ4v) is 4.56. The Bertz CT molecular complexity index is 834. The standard InChI is InChI=1S/C20H27N3O2S/c1-16-7-9-20(10-8-16)26(24,25)22-13-18-5-3-11-23(15-18)14-17-4-2-6-19(21)12-17/h2,4,6-10,12,18,22H,3,5,11,13-15,21H2,1H3. The van der Waals surface area contributed by atoms with Crippen LogP contribution in [0.4, 0.5) is 5.69 Å². The van der Waals surface area contributed by atoms with Gasteiger partial charge in [-0.3, -0.25) is 4.90 Å². The van der Waals surface area contributed by atoms with Gasteiger partial charge >= 0.3 is 0 Å². The van der Waals surface area contributed by atoms with Crippen molar-refractivity contribution in [3.05, 3.63) is 59.7 Å². The molecule has 1 atom stereocenters. The van der Waals surface area contributed by atoms with Gasteiger partial charge in [0.2, 0.25) is 10.0 Å². The van der Waals surface area contributed by atoms with Crippen LogP contribution in [-0.2, 0) is 16.6 Å². The van der Waals surface area contributed by atoms with Gasteiger partial charge in [0.15, 0.2) is 0 Å². The van der Waals surface area contributed by atoms with E-state index >= 15 is 0 Å². The average Bonchev–Trinajstić information content (AvgIpc) is 2.61. The first-order chi connectivity index (χ1) is 12.4.